The highest BCUT2D eigenvalue weighted by Gasteiger charge is 2.15. The van der Waals surface area contributed by atoms with Crippen molar-refractivity contribution in [3.05, 3.63) is 24.4 Å². The highest BCUT2D eigenvalue weighted by molar-refractivity contribution is 6.42. The number of hydrogen-bond donors (Lipinski definition) is 4. The fraction of sp³-hybridized carbons (Fsp3) is 0. The molecule has 1 heterocycles. The molecule has 74 valence electrons. The zero-order chi connectivity index (χ0) is 10.6. The largest absolute Gasteiger partial charge is 0.409 e. The van der Waals surface area contributed by atoms with Crippen LogP contribution in [0.25, 0.3) is 0 Å². The Labute approximate surface area is 79.6 Å². The molecule has 7 heteroatoms. The van der Waals surface area contributed by atoms with Gasteiger partial charge in [-0.05, 0) is 12.1 Å². The summed E-state index contributed by atoms with van der Waals surface area (Å²) in [5.41, 5.74) is 5.05. The van der Waals surface area contributed by atoms with Gasteiger partial charge in [0.25, 0.3) is 0 Å². The Balaban J connectivity index is 2.96. The van der Waals surface area contributed by atoms with Gasteiger partial charge in [0.15, 0.2) is 11.7 Å². The van der Waals surface area contributed by atoms with Gasteiger partial charge >= 0.3 is 0 Å². The third kappa shape index (κ3) is 1.96. The van der Waals surface area contributed by atoms with Crippen molar-refractivity contribution in [3.8, 4) is 0 Å². The van der Waals surface area contributed by atoms with Crippen molar-refractivity contribution in [2.45, 2.75) is 0 Å². The number of oxime groups is 1. The predicted octanol–water partition coefficient (Wildman–Crippen LogP) is 0.000870. The van der Waals surface area contributed by atoms with Gasteiger partial charge in [0, 0.05) is 6.20 Å². The summed E-state index contributed by atoms with van der Waals surface area (Å²) in [6.45, 7) is 0. The van der Waals surface area contributed by atoms with Gasteiger partial charge in [-0.3, -0.25) is 10.6 Å². The number of anilines is 1. The topological polar surface area (TPSA) is 119 Å². The standard InChI is InChI=1S/C7H9N5O2/c8-6(9)7(11-13)12(14)5-3-1-2-4-10-5/h1-4,13-14H,(H3,8,9)/b11-7-. The van der Waals surface area contributed by atoms with Gasteiger partial charge in [-0.15, -0.1) is 0 Å². The summed E-state index contributed by atoms with van der Waals surface area (Å²) in [4.78, 5) is 3.76. The third-order valence-corrected chi connectivity index (χ3v) is 1.40. The van der Waals surface area contributed by atoms with Crippen molar-refractivity contribution in [3.63, 3.8) is 0 Å². The molecule has 0 aliphatic carbocycles. The first-order valence-corrected chi connectivity index (χ1v) is 3.63. The van der Waals surface area contributed by atoms with Crippen LogP contribution in [-0.4, -0.2) is 27.1 Å². The molecule has 0 aromatic carbocycles. The summed E-state index contributed by atoms with van der Waals surface area (Å²) in [6, 6.07) is 4.75. The molecule has 0 saturated heterocycles. The minimum Gasteiger partial charge on any atom is -0.409 e. The van der Waals surface area contributed by atoms with Gasteiger partial charge in [-0.25, -0.2) is 4.98 Å². The molecule has 5 N–H and O–H groups in total. The molecule has 0 radical (unpaired) electrons. The van der Waals surface area contributed by atoms with Gasteiger partial charge in [0.1, 0.15) is 0 Å². The fourth-order valence-electron chi connectivity index (χ4n) is 0.798. The molecule has 1 rings (SSSR count). The first-order valence-electron chi connectivity index (χ1n) is 3.63. The molecule has 0 aliphatic heterocycles. The van der Waals surface area contributed by atoms with Crippen LogP contribution < -0.4 is 10.8 Å². The summed E-state index contributed by atoms with van der Waals surface area (Å²) < 4.78 is 0. The van der Waals surface area contributed by atoms with Crippen LogP contribution in [0, 0.1) is 5.41 Å². The summed E-state index contributed by atoms with van der Waals surface area (Å²) in [6.07, 6.45) is 1.44. The second-order valence-electron chi connectivity index (χ2n) is 2.34. The van der Waals surface area contributed by atoms with Crippen LogP contribution in [0.2, 0.25) is 0 Å². The van der Waals surface area contributed by atoms with Crippen LogP contribution in [0.1, 0.15) is 0 Å². The third-order valence-electron chi connectivity index (χ3n) is 1.40. The lowest BCUT2D eigenvalue weighted by Crippen LogP contribution is -2.38. The molecule has 0 aliphatic rings. The van der Waals surface area contributed by atoms with Crippen LogP contribution in [0.15, 0.2) is 29.6 Å². The smallest absolute Gasteiger partial charge is 0.239 e. The van der Waals surface area contributed by atoms with Crippen LogP contribution >= 0.6 is 0 Å². The maximum Gasteiger partial charge on any atom is 0.239 e. The van der Waals surface area contributed by atoms with E-state index in [-0.39, 0.29) is 5.82 Å². The lowest BCUT2D eigenvalue weighted by atomic mass is 10.4. The Morgan fingerprint density at radius 3 is 2.71 bits per heavy atom. The van der Waals surface area contributed by atoms with Gasteiger partial charge in [-0.2, -0.15) is 5.06 Å². The number of hydroxylamine groups is 1. The van der Waals surface area contributed by atoms with E-state index >= 15 is 0 Å². The van der Waals surface area contributed by atoms with Gasteiger partial charge in [0.05, 0.1) is 0 Å². The van der Waals surface area contributed by atoms with Crippen LogP contribution in [-0.2, 0) is 0 Å². The molecule has 0 saturated carbocycles. The normalized spacial score (nSPS) is 11.1. The van der Waals surface area contributed by atoms with E-state index in [1.165, 1.54) is 12.3 Å². The summed E-state index contributed by atoms with van der Waals surface area (Å²) >= 11 is 0. The molecule has 0 unspecified atom stereocenters. The van der Waals surface area contributed by atoms with E-state index in [2.05, 4.69) is 10.1 Å². The Morgan fingerprint density at radius 2 is 2.29 bits per heavy atom. The first-order chi connectivity index (χ1) is 6.66. The maximum absolute atomic E-state index is 9.41. The summed E-state index contributed by atoms with van der Waals surface area (Å²) in [5.74, 6) is -0.945. The van der Waals surface area contributed by atoms with E-state index in [9.17, 15) is 5.21 Å². The second-order valence-corrected chi connectivity index (χ2v) is 2.34. The minimum absolute atomic E-state index is 0.107. The maximum atomic E-state index is 9.41. The van der Waals surface area contributed by atoms with Crippen molar-refractivity contribution < 1.29 is 10.4 Å². The molecule has 0 fully saturated rings. The lowest BCUT2D eigenvalue weighted by Gasteiger charge is -2.14. The SMILES string of the molecule is N=C(N)/C(=N/O)N(O)c1ccccn1. The molecular formula is C7H9N5O2. The number of nitrogens with two attached hydrogens (primary N) is 1. The molecule has 1 aromatic heterocycles. The molecule has 14 heavy (non-hydrogen) atoms. The molecule has 0 atom stereocenters. The number of nitrogens with zero attached hydrogens (tertiary/aromatic N) is 3. The monoisotopic (exact) mass is 195 g/mol. The second kappa shape index (κ2) is 4.19. The van der Waals surface area contributed by atoms with Crippen molar-refractivity contribution in [1.29, 1.82) is 5.41 Å². The zero-order valence-electron chi connectivity index (χ0n) is 7.12. The van der Waals surface area contributed by atoms with Gasteiger partial charge < -0.3 is 10.9 Å². The molecular weight excluding hydrogens is 186 g/mol. The Kier molecular flexibility index (Phi) is 2.97. The number of aromatic nitrogens is 1. The van der Waals surface area contributed by atoms with E-state index in [1.54, 1.807) is 12.1 Å². The van der Waals surface area contributed by atoms with Crippen molar-refractivity contribution in [1.82, 2.24) is 4.98 Å². The number of hydrogen-bond acceptors (Lipinski definition) is 5. The van der Waals surface area contributed by atoms with E-state index in [4.69, 9.17) is 16.4 Å². The predicted molar refractivity (Wildman–Crippen MR) is 49.6 cm³/mol. The Morgan fingerprint density at radius 1 is 1.57 bits per heavy atom. The zero-order valence-corrected chi connectivity index (χ0v) is 7.12. The Hall–Kier alpha value is -2.15. The summed E-state index contributed by atoms with van der Waals surface area (Å²) in [5, 5.41) is 28.0. The average molecular weight is 195 g/mol. The molecule has 1 aromatic rings. The van der Waals surface area contributed by atoms with Crippen molar-refractivity contribution in [2.75, 3.05) is 5.06 Å². The van der Waals surface area contributed by atoms with Gasteiger partial charge in [0.2, 0.25) is 5.84 Å². The molecule has 0 bridgehead atoms. The van der Waals surface area contributed by atoms with Crippen LogP contribution in [0.3, 0.4) is 0 Å². The minimum atomic E-state index is -0.569. The average Bonchev–Trinajstić information content (AvgIpc) is 2.19. The van der Waals surface area contributed by atoms with E-state index < -0.39 is 11.7 Å². The van der Waals surface area contributed by atoms with E-state index in [0.29, 0.717) is 5.06 Å². The van der Waals surface area contributed by atoms with Crippen molar-refractivity contribution in [2.24, 2.45) is 10.9 Å². The molecule has 0 spiro atoms. The lowest BCUT2D eigenvalue weighted by molar-refractivity contribution is 0.285. The Bertz CT molecular complexity index is 350. The van der Waals surface area contributed by atoms with Crippen LogP contribution in [0.5, 0.6) is 0 Å². The first kappa shape index (κ1) is 9.93. The number of rotatable bonds is 1. The number of pyridine rings is 1. The summed E-state index contributed by atoms with van der Waals surface area (Å²) in [7, 11) is 0. The highest BCUT2D eigenvalue weighted by atomic mass is 16.5. The van der Waals surface area contributed by atoms with Crippen molar-refractivity contribution >= 4 is 17.5 Å². The number of nitrogens with one attached hydrogen (secondary N) is 1. The quantitative estimate of drug-likeness (QED) is 0.217. The van der Waals surface area contributed by atoms with E-state index in [0.717, 1.165) is 0 Å². The highest BCUT2D eigenvalue weighted by Crippen LogP contribution is 2.06. The molecule has 0 amide bonds. The fourth-order valence-corrected chi connectivity index (χ4v) is 0.798. The van der Waals surface area contributed by atoms with E-state index in [1.807, 2.05) is 0 Å². The molecule has 7 nitrogen and oxygen atoms in total. The van der Waals surface area contributed by atoms with Crippen LogP contribution in [0.4, 0.5) is 5.82 Å². The number of amidine groups is 2. The van der Waals surface area contributed by atoms with Gasteiger partial charge in [-0.1, -0.05) is 11.2 Å².